The Morgan fingerprint density at radius 3 is 2.58 bits per heavy atom. The Labute approximate surface area is 140 Å². The van der Waals surface area contributed by atoms with Crippen LogP contribution in [0.25, 0.3) is 0 Å². The monoisotopic (exact) mass is 328 g/mol. The number of aryl methyl sites for hydroxylation is 1. The fourth-order valence-electron chi connectivity index (χ4n) is 2.70. The minimum Gasteiger partial charge on any atom is -0.497 e. The van der Waals surface area contributed by atoms with Crippen molar-refractivity contribution >= 4 is 11.7 Å². The van der Waals surface area contributed by atoms with Crippen LogP contribution in [-0.2, 0) is 7.05 Å². The van der Waals surface area contributed by atoms with Crippen LogP contribution in [0.15, 0.2) is 41.5 Å². The van der Waals surface area contributed by atoms with Crippen LogP contribution in [0.1, 0.15) is 10.4 Å². The highest BCUT2D eigenvalue weighted by atomic mass is 16.5. The molecule has 1 fully saturated rings. The summed E-state index contributed by atoms with van der Waals surface area (Å²) < 4.78 is 6.67. The molecule has 0 unspecified atom stereocenters. The van der Waals surface area contributed by atoms with Crippen LogP contribution < -0.4 is 15.2 Å². The highest BCUT2D eigenvalue weighted by Gasteiger charge is 2.23. The molecule has 0 atom stereocenters. The van der Waals surface area contributed by atoms with E-state index in [-0.39, 0.29) is 11.5 Å². The Morgan fingerprint density at radius 2 is 1.92 bits per heavy atom. The Balaban J connectivity index is 1.67. The summed E-state index contributed by atoms with van der Waals surface area (Å²) in [4.78, 5) is 32.5. The van der Waals surface area contributed by atoms with Crippen LogP contribution in [0.2, 0.25) is 0 Å². The third-order valence-electron chi connectivity index (χ3n) is 4.19. The van der Waals surface area contributed by atoms with Gasteiger partial charge >= 0.3 is 0 Å². The van der Waals surface area contributed by atoms with Crippen molar-refractivity contribution in [2.75, 3.05) is 38.2 Å². The summed E-state index contributed by atoms with van der Waals surface area (Å²) in [5, 5.41) is 0. The van der Waals surface area contributed by atoms with Crippen molar-refractivity contribution < 1.29 is 9.53 Å². The Hall–Kier alpha value is -2.83. The van der Waals surface area contributed by atoms with E-state index >= 15 is 0 Å². The van der Waals surface area contributed by atoms with Crippen molar-refractivity contribution in [1.82, 2.24) is 14.5 Å². The van der Waals surface area contributed by atoms with Gasteiger partial charge in [-0.15, -0.1) is 0 Å². The van der Waals surface area contributed by atoms with Crippen molar-refractivity contribution in [2.24, 2.45) is 7.05 Å². The number of rotatable bonds is 3. The molecule has 24 heavy (non-hydrogen) atoms. The average molecular weight is 328 g/mol. The van der Waals surface area contributed by atoms with E-state index in [1.807, 2.05) is 6.07 Å². The van der Waals surface area contributed by atoms with Gasteiger partial charge in [-0.05, 0) is 12.1 Å². The van der Waals surface area contributed by atoms with Crippen LogP contribution in [0.4, 0.5) is 5.82 Å². The minimum atomic E-state index is -0.180. The van der Waals surface area contributed by atoms with Gasteiger partial charge in [0.1, 0.15) is 11.6 Å². The van der Waals surface area contributed by atoms with Crippen LogP contribution in [0.3, 0.4) is 0 Å². The van der Waals surface area contributed by atoms with Crippen LogP contribution in [0, 0.1) is 0 Å². The molecule has 7 heteroatoms. The van der Waals surface area contributed by atoms with E-state index in [1.165, 1.54) is 10.6 Å². The van der Waals surface area contributed by atoms with Crippen LogP contribution in [-0.4, -0.2) is 53.6 Å². The number of aromatic nitrogens is 2. The fourth-order valence-corrected chi connectivity index (χ4v) is 2.70. The van der Waals surface area contributed by atoms with Crippen molar-refractivity contribution in [3.8, 4) is 5.75 Å². The van der Waals surface area contributed by atoms with Gasteiger partial charge in [-0.25, -0.2) is 4.98 Å². The predicted octanol–water partition coefficient (Wildman–Crippen LogP) is 0.751. The summed E-state index contributed by atoms with van der Waals surface area (Å²) >= 11 is 0. The molecule has 0 spiro atoms. The number of anilines is 1. The Kier molecular flexibility index (Phi) is 4.50. The molecule has 0 N–H and O–H groups in total. The maximum Gasteiger partial charge on any atom is 0.254 e. The summed E-state index contributed by atoms with van der Waals surface area (Å²) in [6.45, 7) is 2.56. The zero-order valence-corrected chi connectivity index (χ0v) is 13.8. The van der Waals surface area contributed by atoms with E-state index in [9.17, 15) is 9.59 Å². The molecular weight excluding hydrogens is 308 g/mol. The van der Waals surface area contributed by atoms with Gasteiger partial charge in [-0.3, -0.25) is 9.59 Å². The number of piperazine rings is 1. The molecule has 7 nitrogen and oxygen atoms in total. The maximum absolute atomic E-state index is 12.5. The first-order valence-electron chi connectivity index (χ1n) is 7.79. The molecule has 3 heterocycles. The third kappa shape index (κ3) is 3.24. The first-order chi connectivity index (χ1) is 11.6. The van der Waals surface area contributed by atoms with E-state index in [0.717, 1.165) is 11.6 Å². The minimum absolute atomic E-state index is 0.106. The number of amides is 1. The number of ether oxygens (including phenoxy) is 1. The lowest BCUT2D eigenvalue weighted by Gasteiger charge is -2.35. The quantitative estimate of drug-likeness (QED) is 0.832. The zero-order chi connectivity index (χ0) is 17.1. The van der Waals surface area contributed by atoms with Crippen molar-refractivity contribution in [1.29, 1.82) is 0 Å². The normalized spacial score (nSPS) is 14.6. The van der Waals surface area contributed by atoms with Gasteiger partial charge in [0.2, 0.25) is 0 Å². The second-order valence-corrected chi connectivity index (χ2v) is 5.70. The molecule has 1 aliphatic rings. The average Bonchev–Trinajstić information content (AvgIpc) is 2.63. The van der Waals surface area contributed by atoms with Gasteiger partial charge in [0, 0.05) is 63.3 Å². The number of hydrogen-bond donors (Lipinski definition) is 0. The first-order valence-corrected chi connectivity index (χ1v) is 7.79. The van der Waals surface area contributed by atoms with Gasteiger partial charge in [-0.2, -0.15) is 0 Å². The standard InChI is InChI=1S/C17H20N4O3/c1-19-6-4-13(11-16(19)22)17(23)21-9-7-20(8-10-21)15-12-14(24-2)3-5-18-15/h3-6,11-12H,7-10H2,1-2H3. The van der Waals surface area contributed by atoms with E-state index < -0.39 is 0 Å². The summed E-state index contributed by atoms with van der Waals surface area (Å²) in [6.07, 6.45) is 3.33. The highest BCUT2D eigenvalue weighted by Crippen LogP contribution is 2.19. The fraction of sp³-hybridized carbons (Fsp3) is 0.353. The number of carbonyl (C=O) groups is 1. The number of carbonyl (C=O) groups excluding carboxylic acids is 1. The molecule has 0 radical (unpaired) electrons. The number of pyridine rings is 2. The third-order valence-corrected chi connectivity index (χ3v) is 4.19. The van der Waals surface area contributed by atoms with Crippen molar-refractivity contribution in [3.63, 3.8) is 0 Å². The molecule has 3 rings (SSSR count). The largest absolute Gasteiger partial charge is 0.497 e. The Morgan fingerprint density at radius 1 is 1.17 bits per heavy atom. The molecule has 2 aromatic rings. The molecule has 1 amide bonds. The second kappa shape index (κ2) is 6.74. The summed E-state index contributed by atoms with van der Waals surface area (Å²) in [5.74, 6) is 1.50. The van der Waals surface area contributed by atoms with Gasteiger partial charge in [0.05, 0.1) is 7.11 Å². The van der Waals surface area contributed by atoms with Crippen molar-refractivity contribution in [2.45, 2.75) is 0 Å². The topological polar surface area (TPSA) is 67.7 Å². The van der Waals surface area contributed by atoms with Gasteiger partial charge in [-0.1, -0.05) is 0 Å². The molecule has 0 aliphatic carbocycles. The van der Waals surface area contributed by atoms with Crippen LogP contribution in [0.5, 0.6) is 5.75 Å². The summed E-state index contributed by atoms with van der Waals surface area (Å²) in [6, 6.07) is 6.76. The smallest absolute Gasteiger partial charge is 0.254 e. The van der Waals surface area contributed by atoms with Gasteiger partial charge < -0.3 is 19.1 Å². The zero-order valence-electron chi connectivity index (χ0n) is 13.8. The lowest BCUT2D eigenvalue weighted by Crippen LogP contribution is -2.49. The van der Waals surface area contributed by atoms with E-state index in [2.05, 4.69) is 9.88 Å². The highest BCUT2D eigenvalue weighted by molar-refractivity contribution is 5.94. The van der Waals surface area contributed by atoms with E-state index in [0.29, 0.717) is 31.7 Å². The van der Waals surface area contributed by atoms with Crippen molar-refractivity contribution in [3.05, 3.63) is 52.6 Å². The number of methoxy groups -OCH3 is 1. The number of nitrogens with zero attached hydrogens (tertiary/aromatic N) is 4. The first kappa shape index (κ1) is 16.0. The molecule has 126 valence electrons. The molecule has 2 aromatic heterocycles. The predicted molar refractivity (Wildman–Crippen MR) is 90.6 cm³/mol. The van der Waals surface area contributed by atoms with E-state index in [1.54, 1.807) is 43.6 Å². The number of hydrogen-bond acceptors (Lipinski definition) is 5. The van der Waals surface area contributed by atoms with E-state index in [4.69, 9.17) is 4.74 Å². The summed E-state index contributed by atoms with van der Waals surface area (Å²) in [7, 11) is 3.29. The molecule has 1 aliphatic heterocycles. The molecular formula is C17H20N4O3. The SMILES string of the molecule is COc1ccnc(N2CCN(C(=O)c3ccn(C)c(=O)c3)CC2)c1. The van der Waals surface area contributed by atoms with Gasteiger partial charge in [0.15, 0.2) is 0 Å². The molecule has 0 saturated carbocycles. The lowest BCUT2D eigenvalue weighted by molar-refractivity contribution is 0.0746. The summed E-state index contributed by atoms with van der Waals surface area (Å²) in [5.41, 5.74) is 0.256. The maximum atomic E-state index is 12.5. The lowest BCUT2D eigenvalue weighted by atomic mass is 10.2. The molecule has 0 bridgehead atoms. The molecule has 0 aromatic carbocycles. The van der Waals surface area contributed by atoms with Crippen LogP contribution >= 0.6 is 0 Å². The molecule has 1 saturated heterocycles. The second-order valence-electron chi connectivity index (χ2n) is 5.70. The Bertz CT molecular complexity index is 794. The van der Waals surface area contributed by atoms with Gasteiger partial charge in [0.25, 0.3) is 11.5 Å².